The fraction of sp³-hybridized carbons (Fsp3) is 0.450. The van der Waals surface area contributed by atoms with Gasteiger partial charge < -0.3 is 9.80 Å². The number of thiophene rings is 1. The third kappa shape index (κ3) is 4.06. The van der Waals surface area contributed by atoms with Gasteiger partial charge in [0.15, 0.2) is 0 Å². The van der Waals surface area contributed by atoms with E-state index in [-0.39, 0.29) is 0 Å². The number of quaternary nitrogens is 1. The number of nitrogens with zero attached hydrogens (tertiary/aromatic N) is 5. The summed E-state index contributed by atoms with van der Waals surface area (Å²) in [6.45, 7) is 9.29. The number of nitrogens with one attached hydrogen (secondary N) is 1. The van der Waals surface area contributed by atoms with Gasteiger partial charge in [-0.3, -0.25) is 0 Å². The van der Waals surface area contributed by atoms with Crippen LogP contribution in [0.3, 0.4) is 0 Å². The first-order valence-electron chi connectivity index (χ1n) is 9.80. The summed E-state index contributed by atoms with van der Waals surface area (Å²) in [6.07, 6.45) is 1.02. The second kappa shape index (κ2) is 8.59. The third-order valence-corrected chi connectivity index (χ3v) is 6.67. The molecule has 1 saturated heterocycles. The van der Waals surface area contributed by atoms with E-state index in [1.165, 1.54) is 16.1 Å². The summed E-state index contributed by atoms with van der Waals surface area (Å²) in [5.74, 6) is 0.998. The summed E-state index contributed by atoms with van der Waals surface area (Å²) in [4.78, 5) is 5.28. The van der Waals surface area contributed by atoms with E-state index in [2.05, 4.69) is 63.9 Å². The van der Waals surface area contributed by atoms with Crippen LogP contribution in [0.1, 0.15) is 35.7 Å². The van der Waals surface area contributed by atoms with Crippen molar-refractivity contribution < 1.29 is 4.90 Å². The van der Waals surface area contributed by atoms with Crippen LogP contribution in [0.5, 0.6) is 0 Å². The van der Waals surface area contributed by atoms with E-state index in [4.69, 9.17) is 11.6 Å². The van der Waals surface area contributed by atoms with Gasteiger partial charge in [0.25, 0.3) is 0 Å². The molecule has 1 aliphatic rings. The Labute approximate surface area is 174 Å². The van der Waals surface area contributed by atoms with Crippen LogP contribution in [-0.2, 0) is 6.54 Å². The average molecular weight is 418 g/mol. The molecule has 1 aliphatic heterocycles. The summed E-state index contributed by atoms with van der Waals surface area (Å²) in [5.41, 5.74) is 2.53. The Morgan fingerprint density at radius 1 is 1.25 bits per heavy atom. The fourth-order valence-electron chi connectivity index (χ4n) is 4.08. The van der Waals surface area contributed by atoms with Gasteiger partial charge in [-0.05, 0) is 46.5 Å². The second-order valence-corrected chi connectivity index (χ2v) is 8.78. The molecule has 1 fully saturated rings. The molecule has 0 unspecified atom stereocenters. The number of rotatable bonds is 6. The lowest BCUT2D eigenvalue weighted by Gasteiger charge is -2.37. The molecule has 6 nitrogen and oxygen atoms in total. The topological polar surface area (TPSA) is 51.3 Å². The molecule has 0 aliphatic carbocycles. The SMILES string of the molecule is CC[C@H](c1nnnn1Cc1cccs1)[NH+]1CCN(c2cc(Cl)ccc2C)CC1. The molecule has 4 rings (SSSR count). The Hall–Kier alpha value is -1.96. The minimum Gasteiger partial charge on any atom is -0.360 e. The predicted octanol–water partition coefficient (Wildman–Crippen LogP) is 2.60. The highest BCUT2D eigenvalue weighted by atomic mass is 35.5. The normalized spacial score (nSPS) is 16.5. The third-order valence-electron chi connectivity index (χ3n) is 5.58. The van der Waals surface area contributed by atoms with Crippen molar-refractivity contribution in [2.24, 2.45) is 0 Å². The molecule has 28 heavy (non-hydrogen) atoms. The Bertz CT molecular complexity index is 901. The van der Waals surface area contributed by atoms with Crippen LogP contribution in [0, 0.1) is 6.92 Å². The minimum absolute atomic E-state index is 0.317. The minimum atomic E-state index is 0.317. The molecule has 3 heterocycles. The lowest BCUT2D eigenvalue weighted by molar-refractivity contribution is -0.933. The van der Waals surface area contributed by atoms with Gasteiger partial charge in [0, 0.05) is 22.0 Å². The summed E-state index contributed by atoms with van der Waals surface area (Å²) < 4.78 is 1.97. The van der Waals surface area contributed by atoms with Crippen molar-refractivity contribution >= 4 is 28.6 Å². The average Bonchev–Trinajstić information content (AvgIpc) is 3.38. The molecular weight excluding hydrogens is 392 g/mol. The summed E-state index contributed by atoms with van der Waals surface area (Å²) in [5, 5.41) is 15.5. The van der Waals surface area contributed by atoms with E-state index in [0.717, 1.165) is 50.0 Å². The van der Waals surface area contributed by atoms with E-state index in [0.29, 0.717) is 6.04 Å². The molecule has 3 aromatic rings. The van der Waals surface area contributed by atoms with Gasteiger partial charge in [-0.25, -0.2) is 4.68 Å². The van der Waals surface area contributed by atoms with E-state index in [1.807, 2.05) is 10.7 Å². The van der Waals surface area contributed by atoms with Gasteiger partial charge in [0.05, 0.1) is 32.7 Å². The monoisotopic (exact) mass is 417 g/mol. The molecule has 1 N–H and O–H groups in total. The van der Waals surface area contributed by atoms with E-state index < -0.39 is 0 Å². The Kier molecular flexibility index (Phi) is 5.94. The van der Waals surface area contributed by atoms with Gasteiger partial charge >= 0.3 is 0 Å². The van der Waals surface area contributed by atoms with Gasteiger partial charge in [0.2, 0.25) is 5.82 Å². The molecule has 8 heteroatoms. The van der Waals surface area contributed by atoms with Gasteiger partial charge in [0.1, 0.15) is 6.04 Å². The number of piperazine rings is 1. The number of halogens is 1. The second-order valence-electron chi connectivity index (χ2n) is 7.31. The zero-order valence-electron chi connectivity index (χ0n) is 16.3. The van der Waals surface area contributed by atoms with E-state index in [1.54, 1.807) is 16.2 Å². The van der Waals surface area contributed by atoms with Crippen molar-refractivity contribution in [2.45, 2.75) is 32.9 Å². The van der Waals surface area contributed by atoms with Crippen molar-refractivity contribution in [3.05, 3.63) is 57.0 Å². The number of hydrogen-bond donors (Lipinski definition) is 1. The molecule has 2 aromatic heterocycles. The van der Waals surface area contributed by atoms with Crippen LogP contribution in [0.2, 0.25) is 5.02 Å². The Morgan fingerprint density at radius 3 is 2.79 bits per heavy atom. The number of aromatic nitrogens is 4. The Morgan fingerprint density at radius 2 is 2.07 bits per heavy atom. The van der Waals surface area contributed by atoms with Crippen LogP contribution in [0.4, 0.5) is 5.69 Å². The van der Waals surface area contributed by atoms with Gasteiger partial charge in [-0.1, -0.05) is 30.7 Å². The molecule has 0 radical (unpaired) electrons. The molecule has 0 saturated carbocycles. The number of anilines is 1. The van der Waals surface area contributed by atoms with E-state index >= 15 is 0 Å². The first kappa shape index (κ1) is 19.4. The number of tetrazole rings is 1. The van der Waals surface area contributed by atoms with Crippen LogP contribution >= 0.6 is 22.9 Å². The first-order chi connectivity index (χ1) is 13.7. The summed E-state index contributed by atoms with van der Waals surface area (Å²) >= 11 is 7.97. The maximum absolute atomic E-state index is 6.22. The van der Waals surface area contributed by atoms with Crippen molar-refractivity contribution in [3.63, 3.8) is 0 Å². The lowest BCUT2D eigenvalue weighted by Crippen LogP contribution is -3.15. The molecule has 1 atom stereocenters. The van der Waals surface area contributed by atoms with Crippen molar-refractivity contribution in [2.75, 3.05) is 31.1 Å². The smallest absolute Gasteiger partial charge is 0.209 e. The molecular formula is C20H26ClN6S+. The van der Waals surface area contributed by atoms with Crippen molar-refractivity contribution in [3.8, 4) is 0 Å². The zero-order valence-corrected chi connectivity index (χ0v) is 17.9. The summed E-state index contributed by atoms with van der Waals surface area (Å²) in [7, 11) is 0. The first-order valence-corrected chi connectivity index (χ1v) is 11.1. The standard InChI is InChI=1S/C20H25ClN6S/c1-3-18(20-22-23-24-27(20)14-17-5-4-12-28-17)25-8-10-26(11-9-25)19-13-16(21)7-6-15(19)2/h4-7,12-13,18H,3,8-11,14H2,1-2H3/p+1/t18-/m1/s1. The maximum atomic E-state index is 6.22. The number of hydrogen-bond acceptors (Lipinski definition) is 5. The van der Waals surface area contributed by atoms with Crippen LogP contribution in [0.25, 0.3) is 0 Å². The van der Waals surface area contributed by atoms with Crippen LogP contribution in [-0.4, -0.2) is 46.4 Å². The van der Waals surface area contributed by atoms with Crippen molar-refractivity contribution in [1.29, 1.82) is 0 Å². The van der Waals surface area contributed by atoms with Gasteiger partial charge in [-0.2, -0.15) is 0 Å². The number of aryl methyl sites for hydroxylation is 1. The molecule has 1 aromatic carbocycles. The quantitative estimate of drug-likeness (QED) is 0.669. The number of benzene rings is 1. The summed E-state index contributed by atoms with van der Waals surface area (Å²) in [6, 6.07) is 10.7. The molecule has 0 bridgehead atoms. The highest BCUT2D eigenvalue weighted by Crippen LogP contribution is 2.24. The Balaban J connectivity index is 1.46. The molecule has 0 spiro atoms. The molecule has 0 amide bonds. The molecule has 148 valence electrons. The fourth-order valence-corrected chi connectivity index (χ4v) is 4.94. The maximum Gasteiger partial charge on any atom is 0.209 e. The van der Waals surface area contributed by atoms with E-state index in [9.17, 15) is 0 Å². The predicted molar refractivity (Wildman–Crippen MR) is 113 cm³/mol. The van der Waals surface area contributed by atoms with Gasteiger partial charge in [-0.15, -0.1) is 16.4 Å². The lowest BCUT2D eigenvalue weighted by atomic mass is 10.1. The highest BCUT2D eigenvalue weighted by Gasteiger charge is 2.31. The van der Waals surface area contributed by atoms with Crippen LogP contribution < -0.4 is 9.80 Å². The van der Waals surface area contributed by atoms with Crippen molar-refractivity contribution in [1.82, 2.24) is 20.2 Å². The zero-order chi connectivity index (χ0) is 19.5. The highest BCUT2D eigenvalue weighted by molar-refractivity contribution is 7.09. The largest absolute Gasteiger partial charge is 0.360 e. The van der Waals surface area contributed by atoms with Crippen LogP contribution in [0.15, 0.2) is 35.7 Å².